The molecule has 5 nitrogen and oxygen atoms in total. The van der Waals surface area contributed by atoms with Crippen LogP contribution >= 0.6 is 11.6 Å². The maximum absolute atomic E-state index is 14.3. The predicted molar refractivity (Wildman–Crippen MR) is 109 cm³/mol. The van der Waals surface area contributed by atoms with Crippen molar-refractivity contribution in [1.29, 1.82) is 0 Å². The molecular formula is C21H27ClFN3O2. The van der Waals surface area contributed by atoms with E-state index in [1.807, 2.05) is 18.3 Å². The first-order valence-corrected chi connectivity index (χ1v) is 10.3. The maximum atomic E-state index is 14.3. The first kappa shape index (κ1) is 19.7. The number of nitrogens with one attached hydrogen (secondary N) is 2. The Bertz CT molecular complexity index is 893. The van der Waals surface area contributed by atoms with Gasteiger partial charge in [0, 0.05) is 37.1 Å². The van der Waals surface area contributed by atoms with E-state index in [1.165, 1.54) is 6.92 Å². The zero-order valence-electron chi connectivity index (χ0n) is 16.1. The van der Waals surface area contributed by atoms with Crippen LogP contribution < -0.4 is 10.6 Å². The van der Waals surface area contributed by atoms with Crippen molar-refractivity contribution in [1.82, 2.24) is 15.2 Å². The number of fused-ring (bicyclic) bond motifs is 1. The van der Waals surface area contributed by atoms with Crippen LogP contribution in [-0.2, 0) is 6.54 Å². The monoisotopic (exact) mass is 407 g/mol. The van der Waals surface area contributed by atoms with Crippen LogP contribution in [-0.4, -0.2) is 46.0 Å². The van der Waals surface area contributed by atoms with E-state index in [9.17, 15) is 14.3 Å². The van der Waals surface area contributed by atoms with Gasteiger partial charge >= 0.3 is 0 Å². The van der Waals surface area contributed by atoms with Gasteiger partial charge in [-0.3, -0.25) is 4.79 Å². The van der Waals surface area contributed by atoms with Gasteiger partial charge in [-0.2, -0.15) is 0 Å². The molecule has 4 rings (SSSR count). The van der Waals surface area contributed by atoms with Crippen LogP contribution in [0.4, 0.5) is 4.39 Å². The molecule has 2 heterocycles. The molecule has 3 atom stereocenters. The van der Waals surface area contributed by atoms with Crippen LogP contribution in [0.2, 0.25) is 5.02 Å². The van der Waals surface area contributed by atoms with Gasteiger partial charge in [0.15, 0.2) is 0 Å². The Balaban J connectivity index is 1.55. The summed E-state index contributed by atoms with van der Waals surface area (Å²) in [5.74, 6) is -0.294. The Labute approximate surface area is 169 Å². The first-order chi connectivity index (χ1) is 13.3. The Kier molecular flexibility index (Phi) is 5.14. The van der Waals surface area contributed by atoms with Gasteiger partial charge in [-0.05, 0) is 51.3 Å². The number of benzene rings is 1. The van der Waals surface area contributed by atoms with Gasteiger partial charge in [-0.15, -0.1) is 0 Å². The van der Waals surface area contributed by atoms with E-state index in [-0.39, 0.29) is 18.9 Å². The number of aliphatic hydroxyl groups is 1. The number of carbonyl (C=O) groups excluding carboxylic acids is 1. The van der Waals surface area contributed by atoms with Gasteiger partial charge in [-0.25, -0.2) is 4.39 Å². The highest BCUT2D eigenvalue weighted by molar-refractivity contribution is 6.36. The summed E-state index contributed by atoms with van der Waals surface area (Å²) in [5, 5.41) is 18.2. The lowest BCUT2D eigenvalue weighted by atomic mass is 9.77. The summed E-state index contributed by atoms with van der Waals surface area (Å²) in [4.78, 5) is 12.9. The molecule has 0 bridgehead atoms. The number of alkyl halides is 1. The first-order valence-electron chi connectivity index (χ1n) is 9.97. The lowest BCUT2D eigenvalue weighted by Gasteiger charge is -2.38. The zero-order valence-corrected chi connectivity index (χ0v) is 16.9. The van der Waals surface area contributed by atoms with Crippen molar-refractivity contribution in [3.8, 4) is 0 Å². The van der Waals surface area contributed by atoms with Gasteiger partial charge < -0.3 is 20.3 Å². The molecule has 28 heavy (non-hydrogen) atoms. The summed E-state index contributed by atoms with van der Waals surface area (Å²) in [7, 11) is 0. The number of hydrogen-bond donors (Lipinski definition) is 3. The van der Waals surface area contributed by atoms with Crippen molar-refractivity contribution < 1.29 is 14.3 Å². The van der Waals surface area contributed by atoms with Crippen molar-refractivity contribution in [3.05, 3.63) is 35.0 Å². The van der Waals surface area contributed by atoms with E-state index in [0.717, 1.165) is 25.0 Å². The summed E-state index contributed by atoms with van der Waals surface area (Å²) in [5.41, 5.74) is -1.20. The number of amides is 1. The minimum Gasteiger partial charge on any atom is -0.388 e. The number of nitrogens with zero attached hydrogens (tertiary/aromatic N) is 1. The summed E-state index contributed by atoms with van der Waals surface area (Å²) >= 11 is 6.41. The predicted octanol–water partition coefficient (Wildman–Crippen LogP) is 3.42. The molecule has 1 aliphatic carbocycles. The second-order valence-electron chi connectivity index (χ2n) is 8.62. The fourth-order valence-electron chi connectivity index (χ4n) is 4.51. The Morgan fingerprint density at radius 1 is 1.46 bits per heavy atom. The molecule has 1 saturated carbocycles. The number of carbonyl (C=O) groups is 1. The summed E-state index contributed by atoms with van der Waals surface area (Å²) < 4.78 is 16.4. The fraction of sp³-hybridized carbons (Fsp3) is 0.571. The van der Waals surface area contributed by atoms with E-state index in [1.54, 1.807) is 6.07 Å². The second-order valence-corrected chi connectivity index (χ2v) is 9.03. The third kappa shape index (κ3) is 3.91. The quantitative estimate of drug-likeness (QED) is 0.711. The minimum atomic E-state index is -1.40. The third-order valence-electron chi connectivity index (χ3n) is 6.06. The van der Waals surface area contributed by atoms with Gasteiger partial charge in [-0.1, -0.05) is 17.7 Å². The molecule has 2 aromatic rings. The molecular weight excluding hydrogens is 381 g/mol. The summed E-state index contributed by atoms with van der Waals surface area (Å²) in [6.45, 7) is 3.34. The molecule has 2 fully saturated rings. The van der Waals surface area contributed by atoms with E-state index in [2.05, 4.69) is 15.2 Å². The highest BCUT2D eigenvalue weighted by Crippen LogP contribution is 2.37. The van der Waals surface area contributed by atoms with Crippen LogP contribution in [0, 0.1) is 0 Å². The molecule has 0 radical (unpaired) electrons. The average Bonchev–Trinajstić information content (AvgIpc) is 2.95. The molecule has 3 unspecified atom stereocenters. The summed E-state index contributed by atoms with van der Waals surface area (Å²) in [6, 6.07) is 6.01. The minimum absolute atomic E-state index is 0.0344. The van der Waals surface area contributed by atoms with Crippen LogP contribution in [0.1, 0.15) is 49.4 Å². The summed E-state index contributed by atoms with van der Waals surface area (Å²) in [6.07, 6.45) is 4.52. The number of aromatic nitrogens is 1. The molecule has 0 spiro atoms. The van der Waals surface area contributed by atoms with Crippen molar-refractivity contribution >= 4 is 28.4 Å². The molecule has 1 aromatic heterocycles. The lowest BCUT2D eigenvalue weighted by Crippen LogP contribution is -2.49. The Morgan fingerprint density at radius 3 is 2.93 bits per heavy atom. The number of halogens is 2. The van der Waals surface area contributed by atoms with Gasteiger partial charge in [0.1, 0.15) is 5.67 Å². The van der Waals surface area contributed by atoms with E-state index < -0.39 is 11.3 Å². The molecule has 3 N–H and O–H groups in total. The molecule has 2 aliphatic rings. The molecule has 1 amide bonds. The third-order valence-corrected chi connectivity index (χ3v) is 6.37. The lowest BCUT2D eigenvalue weighted by molar-refractivity contribution is -0.0533. The van der Waals surface area contributed by atoms with Crippen molar-refractivity contribution in [2.45, 2.75) is 62.9 Å². The topological polar surface area (TPSA) is 66.3 Å². The number of rotatable bonds is 5. The average molecular weight is 408 g/mol. The number of hydrogen-bond acceptors (Lipinski definition) is 3. The van der Waals surface area contributed by atoms with Crippen LogP contribution in [0.5, 0.6) is 0 Å². The molecule has 1 aliphatic heterocycles. The van der Waals surface area contributed by atoms with Crippen molar-refractivity contribution in [2.24, 2.45) is 0 Å². The Morgan fingerprint density at radius 2 is 2.25 bits per heavy atom. The fourth-order valence-corrected chi connectivity index (χ4v) is 4.78. The van der Waals surface area contributed by atoms with Crippen LogP contribution in [0.3, 0.4) is 0 Å². The van der Waals surface area contributed by atoms with Crippen LogP contribution in [0.15, 0.2) is 24.4 Å². The van der Waals surface area contributed by atoms with E-state index in [4.69, 9.17) is 11.6 Å². The molecule has 1 saturated heterocycles. The largest absolute Gasteiger partial charge is 0.388 e. The normalized spacial score (nSPS) is 30.2. The molecule has 7 heteroatoms. The Hall–Kier alpha value is -1.63. The van der Waals surface area contributed by atoms with E-state index >= 15 is 0 Å². The van der Waals surface area contributed by atoms with Crippen molar-refractivity contribution in [2.75, 3.05) is 13.1 Å². The molecule has 1 aromatic carbocycles. The van der Waals surface area contributed by atoms with Crippen LogP contribution in [0.25, 0.3) is 10.9 Å². The highest BCUT2D eigenvalue weighted by atomic mass is 35.5. The zero-order chi connectivity index (χ0) is 19.9. The highest BCUT2D eigenvalue weighted by Gasteiger charge is 2.41. The molecule has 152 valence electrons. The van der Waals surface area contributed by atoms with Gasteiger partial charge in [0.2, 0.25) is 0 Å². The van der Waals surface area contributed by atoms with Gasteiger partial charge in [0.05, 0.1) is 21.7 Å². The maximum Gasteiger partial charge on any atom is 0.253 e. The SMILES string of the molecule is CC1(F)CCCC(O)(CNC(=O)c2cn(CC3CCN3)c3cccc(Cl)c23)C1. The second kappa shape index (κ2) is 7.32. The standard InChI is InChI=1S/C21H27ClFN3O2/c1-20(23)7-3-8-21(28,12-20)13-25-19(27)15-11-26(10-14-6-9-24-14)17-5-2-4-16(22)18(15)17/h2,4-5,11,14,24,28H,3,6-10,12-13H2,1H3,(H,25,27). The van der Waals surface area contributed by atoms with Gasteiger partial charge in [0.25, 0.3) is 5.91 Å². The van der Waals surface area contributed by atoms with Crippen molar-refractivity contribution in [3.63, 3.8) is 0 Å². The smallest absolute Gasteiger partial charge is 0.253 e. The van der Waals surface area contributed by atoms with E-state index in [0.29, 0.717) is 41.3 Å².